The molecular formula is C2H32B26. The van der Waals surface area contributed by atoms with E-state index < -0.39 is 0 Å². The zero-order valence-corrected chi connectivity index (χ0v) is 20.4. The first-order chi connectivity index (χ1) is 13.9. The second-order valence-electron chi connectivity index (χ2n) is 9.49. The number of hydrogen-bond donors (Lipinski definition) is 0. The quantitative estimate of drug-likeness (QED) is 0.115. The fourth-order valence-corrected chi connectivity index (χ4v) is 4.39. The first-order valence-electron chi connectivity index (χ1n) is 13.9. The van der Waals surface area contributed by atoms with Crippen molar-refractivity contribution in [1.82, 2.24) is 0 Å². The summed E-state index contributed by atoms with van der Waals surface area (Å²) in [5.41, 5.74) is 0. The first-order valence-corrected chi connectivity index (χ1v) is 13.9. The zero-order chi connectivity index (χ0) is 20.4. The van der Waals surface area contributed by atoms with Crippen LogP contribution >= 0.6 is 0 Å². The molecule has 0 unspecified atom stereocenters. The third kappa shape index (κ3) is 27.7. The molecule has 0 heterocycles. The van der Waals surface area contributed by atoms with Crippen LogP contribution in [0.25, 0.3) is 0 Å². The molecule has 0 aromatic heterocycles. The Morgan fingerprint density at radius 3 is 0.786 bits per heavy atom. The van der Waals surface area contributed by atoms with Gasteiger partial charge in [0.1, 0.15) is 0 Å². The topological polar surface area (TPSA) is 0 Å². The molecule has 0 aliphatic rings. The Hall–Kier alpha value is 1.69. The predicted molar refractivity (Wildman–Crippen MR) is 198 cm³/mol. The highest BCUT2D eigenvalue weighted by Gasteiger charge is 2.05. The lowest BCUT2D eigenvalue weighted by Gasteiger charge is -1.95. The van der Waals surface area contributed by atoms with E-state index in [0.29, 0.717) is 0 Å². The van der Waals surface area contributed by atoms with Gasteiger partial charge in [-0.25, -0.2) is 0 Å². The molecule has 0 fully saturated rings. The van der Waals surface area contributed by atoms with Crippen LogP contribution in [0.5, 0.6) is 0 Å². The lowest BCUT2D eigenvalue weighted by atomic mass is 8.83. The molecule has 0 aromatic carbocycles. The van der Waals surface area contributed by atoms with Crippen molar-refractivity contribution in [2.45, 2.75) is 13.2 Å². The van der Waals surface area contributed by atoms with Crippen molar-refractivity contribution in [2.75, 3.05) is 0 Å². The highest BCUT2D eigenvalue weighted by molar-refractivity contribution is 7.76. The largest absolute Gasteiger partial charge is 0.0881 e. The zero-order valence-electron chi connectivity index (χ0n) is 20.4. The Labute approximate surface area is 197 Å². The molecule has 0 aromatic rings. The Bertz CT molecular complexity index is 229. The van der Waals surface area contributed by atoms with Crippen LogP contribution in [0.15, 0.2) is 0 Å². The van der Waals surface area contributed by atoms with Crippen LogP contribution in [-0.2, 0) is 0 Å². The van der Waals surface area contributed by atoms with E-state index in [1.54, 1.807) is 0 Å². The van der Waals surface area contributed by atoms with E-state index in [1.807, 2.05) is 0 Å². The van der Waals surface area contributed by atoms with Crippen LogP contribution in [-0.4, -0.2) is 184 Å². The maximum absolute atomic E-state index is 2.30. The van der Waals surface area contributed by atoms with Crippen LogP contribution < -0.4 is 0 Å². The van der Waals surface area contributed by atoms with Gasteiger partial charge in [-0.3, -0.25) is 0 Å². The summed E-state index contributed by atoms with van der Waals surface area (Å²) in [6, 6.07) is 0. The van der Waals surface area contributed by atoms with E-state index in [9.17, 15) is 0 Å². The number of hydrogen-bond acceptors (Lipinski definition) is 0. The maximum atomic E-state index is 2.30. The SMILES string of the molecule is BBBBBBBBBBBBBBBBBBBBBBBBBBCC. The second-order valence-corrected chi connectivity index (χ2v) is 9.49. The Kier molecular flexibility index (Phi) is 30.4. The third-order valence-corrected chi connectivity index (χ3v) is 6.46. The van der Waals surface area contributed by atoms with Gasteiger partial charge in [-0.05, 0) is 0 Å². The summed E-state index contributed by atoms with van der Waals surface area (Å²) < 4.78 is 0. The van der Waals surface area contributed by atoms with Gasteiger partial charge in [-0.2, -0.15) is 0 Å². The minimum absolute atomic E-state index is 1.37. The summed E-state index contributed by atoms with van der Waals surface area (Å²) in [6.07, 6.45) is 1.37. The Morgan fingerprint density at radius 1 is 0.357 bits per heavy atom. The van der Waals surface area contributed by atoms with Gasteiger partial charge in [-0.15, -0.1) is 0 Å². The average Bonchev–Trinajstić information content (AvgIpc) is 2.71. The lowest BCUT2D eigenvalue weighted by Crippen LogP contribution is -2.37. The highest BCUT2D eigenvalue weighted by Crippen LogP contribution is 1.68. The second kappa shape index (κ2) is 28.7. The van der Waals surface area contributed by atoms with Crippen molar-refractivity contribution in [1.29, 1.82) is 0 Å². The molecule has 0 nitrogen and oxygen atoms in total. The van der Waals surface area contributed by atoms with Crippen molar-refractivity contribution in [3.05, 3.63) is 0 Å². The van der Waals surface area contributed by atoms with Gasteiger partial charge < -0.3 is 0 Å². The van der Waals surface area contributed by atoms with Crippen LogP contribution in [0.2, 0.25) is 6.32 Å². The summed E-state index contributed by atoms with van der Waals surface area (Å²) in [5, 5.41) is 0. The molecule has 0 amide bonds. The van der Waals surface area contributed by atoms with Gasteiger partial charge in [0.15, 0.2) is 0 Å². The van der Waals surface area contributed by atoms with Gasteiger partial charge in [0.25, 0.3) is 0 Å². The molecule has 0 rings (SSSR count). The van der Waals surface area contributed by atoms with Crippen molar-refractivity contribution in [3.63, 3.8) is 0 Å². The maximum Gasteiger partial charge on any atom is 0.0772 e. The molecule has 0 saturated heterocycles. The van der Waals surface area contributed by atoms with Gasteiger partial charge in [0.05, 0.1) is 14.9 Å². The summed E-state index contributed by atoms with van der Waals surface area (Å²) in [6.45, 7) is 2.30. The van der Waals surface area contributed by atoms with Gasteiger partial charge in [-0.1, -0.05) is 13.2 Å². The van der Waals surface area contributed by atoms with Crippen molar-refractivity contribution >= 4 is 184 Å². The molecular weight excluding hydrogens is 305 g/mol. The van der Waals surface area contributed by atoms with E-state index >= 15 is 0 Å². The molecule has 0 atom stereocenters. The van der Waals surface area contributed by atoms with E-state index in [0.717, 1.165) is 0 Å². The normalized spacial score (nSPS) is 7.75. The van der Waals surface area contributed by atoms with E-state index in [-0.39, 0.29) is 0 Å². The van der Waals surface area contributed by atoms with Gasteiger partial charge in [0.2, 0.25) is 0 Å². The lowest BCUT2D eigenvalue weighted by molar-refractivity contribution is 1.47. The minimum Gasteiger partial charge on any atom is -0.0881 e. The summed E-state index contributed by atoms with van der Waals surface area (Å²) in [4.78, 5) is 0. The van der Waals surface area contributed by atoms with Crippen LogP contribution in [0, 0.1) is 0 Å². The highest BCUT2D eigenvalue weighted by atomic mass is 13.3. The van der Waals surface area contributed by atoms with Crippen molar-refractivity contribution in [3.8, 4) is 0 Å². The summed E-state index contributed by atoms with van der Waals surface area (Å²) >= 11 is 0. The van der Waals surface area contributed by atoms with Crippen molar-refractivity contribution in [2.24, 2.45) is 0 Å². The summed E-state index contributed by atoms with van der Waals surface area (Å²) in [5.74, 6) is 0. The molecule has 0 radical (unpaired) electrons. The van der Waals surface area contributed by atoms with E-state index in [1.165, 1.54) is 183 Å². The van der Waals surface area contributed by atoms with Gasteiger partial charge in [0, 0.05) is 169 Å². The molecule has 0 aliphatic heterocycles. The molecule has 26 heteroatoms. The molecule has 28 heavy (non-hydrogen) atoms. The van der Waals surface area contributed by atoms with Crippen LogP contribution in [0.1, 0.15) is 6.92 Å². The van der Waals surface area contributed by atoms with E-state index in [2.05, 4.69) is 14.7 Å². The molecule has 0 aliphatic carbocycles. The molecule has 0 saturated carbocycles. The standard InChI is InChI=1S/C2H32B26/c1-2-4-6-8-10-12-14-16-18-20-22-24-26-28-27-25-23-21-19-17-15-13-11-9-7-5-3/h4-28H,2-3H2,1H3. The fraction of sp³-hybridized carbons (Fsp3) is 1.00. The molecule has 118 valence electrons. The third-order valence-electron chi connectivity index (χ3n) is 6.46. The van der Waals surface area contributed by atoms with Crippen LogP contribution in [0.3, 0.4) is 0 Å². The molecule has 0 bridgehead atoms. The average molecular weight is 337 g/mol. The predicted octanol–water partition coefficient (Wildman–Crippen LogP) is -16.2. The Balaban J connectivity index is 2.96. The first kappa shape index (κ1) is 29.7. The van der Waals surface area contributed by atoms with Crippen molar-refractivity contribution < 1.29 is 0 Å². The fourth-order valence-electron chi connectivity index (χ4n) is 4.39. The number of rotatable bonds is 25. The van der Waals surface area contributed by atoms with E-state index in [4.69, 9.17) is 0 Å². The minimum atomic E-state index is 1.37. The molecule has 0 spiro atoms. The smallest absolute Gasteiger partial charge is 0.0772 e. The van der Waals surface area contributed by atoms with Crippen LogP contribution in [0.4, 0.5) is 0 Å². The van der Waals surface area contributed by atoms with Gasteiger partial charge >= 0.3 is 0 Å². The monoisotopic (exact) mass is 342 g/mol. The Morgan fingerprint density at radius 2 is 0.571 bits per heavy atom. The molecule has 0 N–H and O–H groups in total. The summed E-state index contributed by atoms with van der Waals surface area (Å²) in [7, 11) is 39.3.